The van der Waals surface area contributed by atoms with E-state index in [-0.39, 0.29) is 11.9 Å². The molecule has 0 aliphatic heterocycles. The quantitative estimate of drug-likeness (QED) is 0.755. The Hall–Kier alpha value is -1.46. The van der Waals surface area contributed by atoms with Crippen LogP contribution in [0.4, 0.5) is 0 Å². The highest BCUT2D eigenvalue weighted by molar-refractivity contribution is 6.32. The fraction of sp³-hybridized carbons (Fsp3) is 0.562. The van der Waals surface area contributed by atoms with Crippen LogP contribution in [0.15, 0.2) is 12.1 Å². The second-order valence-corrected chi connectivity index (χ2v) is 5.30. The third-order valence-electron chi connectivity index (χ3n) is 2.82. The van der Waals surface area contributed by atoms with Crippen molar-refractivity contribution in [1.82, 2.24) is 5.32 Å². The average Bonchev–Trinajstić information content (AvgIpc) is 2.46. The van der Waals surface area contributed by atoms with Crippen molar-refractivity contribution in [3.05, 3.63) is 22.7 Å². The lowest BCUT2D eigenvalue weighted by Crippen LogP contribution is -2.35. The Morgan fingerprint density at radius 2 is 2.05 bits per heavy atom. The van der Waals surface area contributed by atoms with Gasteiger partial charge in [0.15, 0.2) is 11.5 Å². The van der Waals surface area contributed by atoms with E-state index in [9.17, 15) is 4.79 Å². The first-order valence-electron chi connectivity index (χ1n) is 7.42. The minimum atomic E-state index is -0.227. The Labute approximate surface area is 136 Å². The molecule has 0 heterocycles. The van der Waals surface area contributed by atoms with Crippen LogP contribution in [-0.4, -0.2) is 38.9 Å². The van der Waals surface area contributed by atoms with E-state index in [2.05, 4.69) is 5.32 Å². The minimum Gasteiger partial charge on any atom is -0.490 e. The van der Waals surface area contributed by atoms with Crippen molar-refractivity contribution in [3.8, 4) is 11.5 Å². The highest BCUT2D eigenvalue weighted by Gasteiger charge is 2.17. The molecule has 0 bridgehead atoms. The van der Waals surface area contributed by atoms with Crippen LogP contribution in [0, 0.1) is 0 Å². The van der Waals surface area contributed by atoms with Gasteiger partial charge in [-0.2, -0.15) is 0 Å². The van der Waals surface area contributed by atoms with Crippen LogP contribution in [0.1, 0.15) is 37.6 Å². The van der Waals surface area contributed by atoms with Crippen LogP contribution in [0.2, 0.25) is 5.02 Å². The van der Waals surface area contributed by atoms with E-state index in [1.807, 2.05) is 20.8 Å². The SMILES string of the molecule is CCCOc1c(Cl)cc(C(=O)NC(C)COC)cc1OCC. The molecule has 1 rings (SSSR count). The number of amides is 1. The van der Waals surface area contributed by atoms with Crippen LogP contribution >= 0.6 is 11.6 Å². The van der Waals surface area contributed by atoms with Crippen LogP contribution in [0.25, 0.3) is 0 Å². The number of hydrogen-bond acceptors (Lipinski definition) is 4. The number of ether oxygens (including phenoxy) is 3. The van der Waals surface area contributed by atoms with E-state index in [0.717, 1.165) is 6.42 Å². The van der Waals surface area contributed by atoms with Gasteiger partial charge in [-0.25, -0.2) is 0 Å². The summed E-state index contributed by atoms with van der Waals surface area (Å²) in [6, 6.07) is 3.14. The van der Waals surface area contributed by atoms with Crippen molar-refractivity contribution in [2.75, 3.05) is 26.9 Å². The molecule has 0 radical (unpaired) electrons. The van der Waals surface area contributed by atoms with Gasteiger partial charge in [-0.1, -0.05) is 18.5 Å². The number of hydrogen-bond donors (Lipinski definition) is 1. The Bertz CT molecular complexity index is 493. The molecule has 124 valence electrons. The summed E-state index contributed by atoms with van der Waals surface area (Å²) in [5, 5.41) is 3.20. The predicted molar refractivity (Wildman–Crippen MR) is 87.2 cm³/mol. The predicted octanol–water partition coefficient (Wildman–Crippen LogP) is 3.29. The molecule has 0 fully saturated rings. The van der Waals surface area contributed by atoms with Gasteiger partial charge < -0.3 is 19.5 Å². The van der Waals surface area contributed by atoms with Crippen molar-refractivity contribution in [2.45, 2.75) is 33.2 Å². The van der Waals surface area contributed by atoms with Gasteiger partial charge in [0, 0.05) is 18.7 Å². The lowest BCUT2D eigenvalue weighted by Gasteiger charge is -2.16. The molecule has 1 aromatic carbocycles. The van der Waals surface area contributed by atoms with Crippen molar-refractivity contribution in [1.29, 1.82) is 0 Å². The molecule has 1 aromatic rings. The largest absolute Gasteiger partial charge is 0.490 e. The van der Waals surface area contributed by atoms with Gasteiger partial charge in [0.25, 0.3) is 5.91 Å². The third-order valence-corrected chi connectivity index (χ3v) is 3.10. The zero-order valence-electron chi connectivity index (χ0n) is 13.6. The van der Waals surface area contributed by atoms with Gasteiger partial charge in [-0.15, -0.1) is 0 Å². The normalized spacial score (nSPS) is 11.9. The van der Waals surface area contributed by atoms with Gasteiger partial charge in [-0.3, -0.25) is 4.79 Å². The summed E-state index contributed by atoms with van der Waals surface area (Å²) in [6.07, 6.45) is 0.860. The van der Waals surface area contributed by atoms with Crippen LogP contribution in [0.5, 0.6) is 11.5 Å². The smallest absolute Gasteiger partial charge is 0.251 e. The van der Waals surface area contributed by atoms with Crippen molar-refractivity contribution >= 4 is 17.5 Å². The molecule has 6 heteroatoms. The standard InChI is InChI=1S/C16H24ClNO4/c1-5-7-22-15-13(17)8-12(9-14(15)21-6-2)16(19)18-11(3)10-20-4/h8-9,11H,5-7,10H2,1-4H3,(H,18,19). The van der Waals surface area contributed by atoms with Crippen molar-refractivity contribution in [2.24, 2.45) is 0 Å². The molecule has 0 aliphatic carbocycles. The molecule has 0 aliphatic rings. The van der Waals surface area contributed by atoms with E-state index < -0.39 is 0 Å². The molecule has 1 unspecified atom stereocenters. The molecule has 0 saturated carbocycles. The summed E-state index contributed by atoms with van der Waals surface area (Å²) >= 11 is 6.24. The molecular formula is C16H24ClNO4. The van der Waals surface area contributed by atoms with Gasteiger partial charge in [-0.05, 0) is 32.4 Å². The van der Waals surface area contributed by atoms with Crippen LogP contribution in [0.3, 0.4) is 0 Å². The topological polar surface area (TPSA) is 56.8 Å². The summed E-state index contributed by atoms with van der Waals surface area (Å²) < 4.78 is 16.2. The first kappa shape index (κ1) is 18.6. The summed E-state index contributed by atoms with van der Waals surface area (Å²) in [6.45, 7) is 7.18. The number of carbonyl (C=O) groups excluding carboxylic acids is 1. The Morgan fingerprint density at radius 3 is 2.64 bits per heavy atom. The molecule has 5 nitrogen and oxygen atoms in total. The molecule has 1 atom stereocenters. The van der Waals surface area contributed by atoms with Crippen molar-refractivity contribution < 1.29 is 19.0 Å². The fourth-order valence-corrected chi connectivity index (χ4v) is 2.17. The van der Waals surface area contributed by atoms with E-state index in [0.29, 0.717) is 41.9 Å². The molecule has 0 spiro atoms. The number of carbonyl (C=O) groups is 1. The van der Waals surface area contributed by atoms with E-state index in [4.69, 9.17) is 25.8 Å². The number of nitrogens with one attached hydrogen (secondary N) is 1. The zero-order chi connectivity index (χ0) is 16.5. The van der Waals surface area contributed by atoms with E-state index in [1.165, 1.54) is 0 Å². The summed E-state index contributed by atoms with van der Waals surface area (Å²) in [5.74, 6) is 0.731. The average molecular weight is 330 g/mol. The van der Waals surface area contributed by atoms with Gasteiger partial charge in [0.2, 0.25) is 0 Å². The lowest BCUT2D eigenvalue weighted by atomic mass is 10.1. The fourth-order valence-electron chi connectivity index (χ4n) is 1.91. The maximum absolute atomic E-state index is 12.2. The second kappa shape index (κ2) is 9.54. The maximum Gasteiger partial charge on any atom is 0.251 e. The number of benzene rings is 1. The molecule has 1 N–H and O–H groups in total. The van der Waals surface area contributed by atoms with Gasteiger partial charge >= 0.3 is 0 Å². The maximum atomic E-state index is 12.2. The Balaban J connectivity index is 2.99. The first-order valence-corrected chi connectivity index (χ1v) is 7.80. The van der Waals surface area contributed by atoms with E-state index in [1.54, 1.807) is 19.2 Å². The van der Waals surface area contributed by atoms with Gasteiger partial charge in [0.05, 0.1) is 24.8 Å². The summed E-state index contributed by atoms with van der Waals surface area (Å²) in [7, 11) is 1.59. The number of methoxy groups -OCH3 is 1. The molecule has 0 saturated heterocycles. The summed E-state index contributed by atoms with van der Waals surface area (Å²) in [4.78, 5) is 12.2. The van der Waals surface area contributed by atoms with Crippen molar-refractivity contribution in [3.63, 3.8) is 0 Å². The molecule has 22 heavy (non-hydrogen) atoms. The van der Waals surface area contributed by atoms with E-state index >= 15 is 0 Å². The first-order chi connectivity index (χ1) is 10.5. The Kier molecular flexibility index (Phi) is 8.06. The molecule has 0 aromatic heterocycles. The highest BCUT2D eigenvalue weighted by atomic mass is 35.5. The molecular weight excluding hydrogens is 306 g/mol. The lowest BCUT2D eigenvalue weighted by molar-refractivity contribution is 0.0905. The Morgan fingerprint density at radius 1 is 1.32 bits per heavy atom. The third kappa shape index (κ3) is 5.39. The number of halogens is 1. The van der Waals surface area contributed by atoms with Crippen LogP contribution in [-0.2, 0) is 4.74 Å². The second-order valence-electron chi connectivity index (χ2n) is 4.90. The number of rotatable bonds is 9. The van der Waals surface area contributed by atoms with Crippen LogP contribution < -0.4 is 14.8 Å². The highest BCUT2D eigenvalue weighted by Crippen LogP contribution is 2.36. The molecule has 1 amide bonds. The zero-order valence-corrected chi connectivity index (χ0v) is 14.3. The monoisotopic (exact) mass is 329 g/mol. The minimum absolute atomic E-state index is 0.0946. The summed E-state index contributed by atoms with van der Waals surface area (Å²) in [5.41, 5.74) is 0.431. The van der Waals surface area contributed by atoms with Gasteiger partial charge in [0.1, 0.15) is 0 Å².